The second-order valence-electron chi connectivity index (χ2n) is 4.37. The van der Waals surface area contributed by atoms with E-state index in [1.807, 2.05) is 0 Å². The van der Waals surface area contributed by atoms with Gasteiger partial charge in [-0.15, -0.1) is 0 Å². The quantitative estimate of drug-likeness (QED) is 0.486. The molecule has 19 heavy (non-hydrogen) atoms. The molecule has 1 unspecified atom stereocenters. The van der Waals surface area contributed by atoms with Gasteiger partial charge in [0.25, 0.3) is 11.6 Å². The number of nitro benzene ring substituents is 1. The molecule has 0 aromatic heterocycles. The molecule has 1 aromatic rings. The number of benzene rings is 1. The van der Waals surface area contributed by atoms with Gasteiger partial charge in [-0.3, -0.25) is 14.9 Å². The summed E-state index contributed by atoms with van der Waals surface area (Å²) >= 11 is 3.33. The summed E-state index contributed by atoms with van der Waals surface area (Å²) in [7, 11) is 0. The van der Waals surface area contributed by atoms with Crippen LogP contribution in [-0.2, 0) is 0 Å². The molecule has 1 atom stereocenters. The minimum absolute atomic E-state index is 0.0575. The molecule has 102 valence electrons. The predicted molar refractivity (Wildman–Crippen MR) is 70.9 cm³/mol. The van der Waals surface area contributed by atoms with E-state index >= 15 is 0 Å². The lowest BCUT2D eigenvalue weighted by Gasteiger charge is -2.23. The molecule has 0 bridgehead atoms. The number of halogens is 2. The first-order chi connectivity index (χ1) is 9.04. The van der Waals surface area contributed by atoms with Crippen molar-refractivity contribution in [3.8, 4) is 0 Å². The van der Waals surface area contributed by atoms with Crippen LogP contribution < -0.4 is 0 Å². The minimum Gasteiger partial charge on any atom is -0.335 e. The van der Waals surface area contributed by atoms with E-state index in [1.54, 1.807) is 4.90 Å². The van der Waals surface area contributed by atoms with Gasteiger partial charge in [0, 0.05) is 24.0 Å². The standard InChI is InChI=1S/C12H12BrFN2O3/c13-7-9-2-1-5-15(9)12(17)10-4-3-8(16(18)19)6-11(10)14/h3-4,6,9H,1-2,5,7H2. The summed E-state index contributed by atoms with van der Waals surface area (Å²) in [6.45, 7) is 0.589. The molecule has 1 saturated heterocycles. The Morgan fingerprint density at radius 1 is 1.58 bits per heavy atom. The number of carbonyl (C=O) groups is 1. The van der Waals surface area contributed by atoms with Crippen molar-refractivity contribution >= 4 is 27.5 Å². The third-order valence-electron chi connectivity index (χ3n) is 3.21. The molecule has 0 N–H and O–H groups in total. The molecule has 1 aliphatic heterocycles. The van der Waals surface area contributed by atoms with Gasteiger partial charge in [0.1, 0.15) is 5.82 Å². The van der Waals surface area contributed by atoms with Gasteiger partial charge in [-0.25, -0.2) is 4.39 Å². The van der Waals surface area contributed by atoms with Crippen molar-refractivity contribution in [2.45, 2.75) is 18.9 Å². The molecule has 1 heterocycles. The fraction of sp³-hybridized carbons (Fsp3) is 0.417. The number of hydrogen-bond acceptors (Lipinski definition) is 3. The van der Waals surface area contributed by atoms with Crippen LogP contribution in [0.2, 0.25) is 0 Å². The molecule has 1 amide bonds. The van der Waals surface area contributed by atoms with E-state index in [9.17, 15) is 19.3 Å². The van der Waals surface area contributed by atoms with Gasteiger partial charge >= 0.3 is 0 Å². The van der Waals surface area contributed by atoms with E-state index < -0.39 is 16.6 Å². The van der Waals surface area contributed by atoms with Crippen LogP contribution in [0.1, 0.15) is 23.2 Å². The van der Waals surface area contributed by atoms with Gasteiger partial charge in [0.2, 0.25) is 0 Å². The molecule has 1 aliphatic rings. The highest BCUT2D eigenvalue weighted by molar-refractivity contribution is 9.09. The van der Waals surface area contributed by atoms with Crippen LogP contribution in [0.5, 0.6) is 0 Å². The number of nitrogens with zero attached hydrogens (tertiary/aromatic N) is 2. The van der Waals surface area contributed by atoms with Crippen molar-refractivity contribution in [2.24, 2.45) is 0 Å². The predicted octanol–water partition coefficient (Wildman–Crippen LogP) is 2.73. The molecule has 5 nitrogen and oxygen atoms in total. The number of rotatable bonds is 3. The number of carbonyl (C=O) groups excluding carboxylic acids is 1. The summed E-state index contributed by atoms with van der Waals surface area (Å²) in [5.41, 5.74) is -0.467. The number of non-ortho nitro benzene ring substituents is 1. The van der Waals surface area contributed by atoms with Gasteiger partial charge < -0.3 is 4.90 Å². The van der Waals surface area contributed by atoms with Crippen molar-refractivity contribution < 1.29 is 14.1 Å². The lowest BCUT2D eigenvalue weighted by atomic mass is 10.1. The van der Waals surface area contributed by atoms with E-state index in [0.717, 1.165) is 25.0 Å². The highest BCUT2D eigenvalue weighted by Crippen LogP contribution is 2.24. The molecular weight excluding hydrogens is 319 g/mol. The summed E-state index contributed by atoms with van der Waals surface area (Å²) < 4.78 is 13.8. The van der Waals surface area contributed by atoms with E-state index in [2.05, 4.69) is 15.9 Å². The van der Waals surface area contributed by atoms with Gasteiger partial charge in [-0.2, -0.15) is 0 Å². The number of nitro groups is 1. The van der Waals surface area contributed by atoms with Crippen molar-refractivity contribution in [3.63, 3.8) is 0 Å². The molecule has 1 aromatic carbocycles. The molecule has 1 fully saturated rings. The largest absolute Gasteiger partial charge is 0.335 e. The van der Waals surface area contributed by atoms with Crippen LogP contribution in [0.25, 0.3) is 0 Å². The zero-order chi connectivity index (χ0) is 14.0. The Morgan fingerprint density at radius 3 is 2.89 bits per heavy atom. The van der Waals surface area contributed by atoms with Crippen molar-refractivity contribution in [3.05, 3.63) is 39.7 Å². The summed E-state index contributed by atoms with van der Waals surface area (Å²) in [6.07, 6.45) is 1.77. The Bertz CT molecular complexity index is 524. The van der Waals surface area contributed by atoms with Crippen LogP contribution >= 0.6 is 15.9 Å². The van der Waals surface area contributed by atoms with E-state index in [4.69, 9.17) is 0 Å². The maximum absolute atomic E-state index is 13.8. The third kappa shape index (κ3) is 2.75. The Balaban J connectivity index is 2.26. The Hall–Kier alpha value is -1.50. The SMILES string of the molecule is O=C(c1ccc([N+](=O)[O-])cc1F)N1CCCC1CBr. The number of likely N-dealkylation sites (tertiary alicyclic amines) is 1. The number of amides is 1. The summed E-state index contributed by atoms with van der Waals surface area (Å²) in [5.74, 6) is -1.26. The molecule has 7 heteroatoms. The fourth-order valence-electron chi connectivity index (χ4n) is 2.21. The zero-order valence-corrected chi connectivity index (χ0v) is 11.6. The van der Waals surface area contributed by atoms with Crippen LogP contribution in [0, 0.1) is 15.9 Å². The average Bonchev–Trinajstić information content (AvgIpc) is 2.85. The maximum atomic E-state index is 13.8. The molecule has 2 rings (SSSR count). The van der Waals surface area contributed by atoms with E-state index in [0.29, 0.717) is 11.9 Å². The normalized spacial score (nSPS) is 18.6. The Kier molecular flexibility index (Phi) is 4.14. The summed E-state index contributed by atoms with van der Waals surface area (Å²) in [6, 6.07) is 3.17. The third-order valence-corrected chi connectivity index (χ3v) is 3.96. The minimum atomic E-state index is -0.848. The number of hydrogen-bond donors (Lipinski definition) is 0. The first kappa shape index (κ1) is 13.9. The lowest BCUT2D eigenvalue weighted by molar-refractivity contribution is -0.385. The second-order valence-corrected chi connectivity index (χ2v) is 5.02. The Morgan fingerprint density at radius 2 is 2.32 bits per heavy atom. The highest BCUT2D eigenvalue weighted by Gasteiger charge is 2.30. The maximum Gasteiger partial charge on any atom is 0.272 e. The summed E-state index contributed by atoms with van der Waals surface area (Å²) in [5, 5.41) is 11.2. The average molecular weight is 331 g/mol. The fourth-order valence-corrected chi connectivity index (χ4v) is 2.88. The summed E-state index contributed by atoms with van der Waals surface area (Å²) in [4.78, 5) is 23.7. The highest BCUT2D eigenvalue weighted by atomic mass is 79.9. The van der Waals surface area contributed by atoms with Crippen LogP contribution in [0.15, 0.2) is 18.2 Å². The molecule has 0 radical (unpaired) electrons. The van der Waals surface area contributed by atoms with Gasteiger partial charge in [-0.1, -0.05) is 15.9 Å². The van der Waals surface area contributed by atoms with Crippen molar-refractivity contribution in [1.82, 2.24) is 4.90 Å². The monoisotopic (exact) mass is 330 g/mol. The van der Waals surface area contributed by atoms with Crippen LogP contribution in [0.4, 0.5) is 10.1 Å². The smallest absolute Gasteiger partial charge is 0.272 e. The van der Waals surface area contributed by atoms with Gasteiger partial charge in [0.15, 0.2) is 0 Å². The van der Waals surface area contributed by atoms with Crippen LogP contribution in [-0.4, -0.2) is 33.6 Å². The second kappa shape index (κ2) is 5.64. The molecule has 0 aliphatic carbocycles. The first-order valence-corrected chi connectivity index (χ1v) is 6.97. The van der Waals surface area contributed by atoms with E-state index in [-0.39, 0.29) is 17.3 Å². The van der Waals surface area contributed by atoms with Crippen molar-refractivity contribution in [2.75, 3.05) is 11.9 Å². The lowest BCUT2D eigenvalue weighted by Crippen LogP contribution is -2.36. The Labute approximate surface area is 117 Å². The van der Waals surface area contributed by atoms with Gasteiger partial charge in [0.05, 0.1) is 16.6 Å². The zero-order valence-electron chi connectivity index (χ0n) is 10.0. The number of alkyl halides is 1. The topological polar surface area (TPSA) is 63.4 Å². The van der Waals surface area contributed by atoms with Crippen LogP contribution in [0.3, 0.4) is 0 Å². The first-order valence-electron chi connectivity index (χ1n) is 5.85. The van der Waals surface area contributed by atoms with Crippen molar-refractivity contribution in [1.29, 1.82) is 0 Å². The van der Waals surface area contributed by atoms with Gasteiger partial charge in [-0.05, 0) is 18.9 Å². The molecule has 0 saturated carbocycles. The molecule has 0 spiro atoms. The van der Waals surface area contributed by atoms with E-state index in [1.165, 1.54) is 6.07 Å². The molecular formula is C12H12BrFN2O3.